The highest BCUT2D eigenvalue weighted by molar-refractivity contribution is 7.99. The molecule has 0 spiro atoms. The van der Waals surface area contributed by atoms with Gasteiger partial charge in [0.15, 0.2) is 0 Å². The Bertz CT molecular complexity index is 659. The number of carbonyl (C=O) groups is 2. The molecule has 2 atom stereocenters. The smallest absolute Gasteiger partial charge is 0.303 e. The van der Waals surface area contributed by atoms with Crippen LogP contribution in [0.5, 0.6) is 0 Å². The molecule has 1 aromatic carbocycles. The van der Waals surface area contributed by atoms with E-state index in [9.17, 15) is 14.7 Å². The summed E-state index contributed by atoms with van der Waals surface area (Å²) >= 11 is 1.37. The van der Waals surface area contributed by atoms with E-state index in [0.29, 0.717) is 25.8 Å². The van der Waals surface area contributed by atoms with Crippen molar-refractivity contribution in [2.24, 2.45) is 0 Å². The number of aliphatic hydroxyl groups is 1. The molecule has 0 bridgehead atoms. The molecule has 0 saturated carbocycles. The Hall–Kier alpha value is -2.05. The third-order valence-corrected chi connectivity index (χ3v) is 5.28. The number of nitrogens with zero attached hydrogens (tertiary/aromatic N) is 1. The quantitative estimate of drug-likeness (QED) is 0.275. The first-order chi connectivity index (χ1) is 13.1. The molecular formula is C21H27NO4S. The topological polar surface area (TPSA) is 77.8 Å². The summed E-state index contributed by atoms with van der Waals surface area (Å²) in [6.07, 6.45) is 11.3. The van der Waals surface area contributed by atoms with E-state index in [4.69, 9.17) is 5.11 Å². The van der Waals surface area contributed by atoms with Gasteiger partial charge in [0.2, 0.25) is 5.91 Å². The maximum atomic E-state index is 12.3. The number of thioether (sulfide) groups is 1. The van der Waals surface area contributed by atoms with Crippen molar-refractivity contribution in [3.05, 3.63) is 54.6 Å². The van der Waals surface area contributed by atoms with Gasteiger partial charge in [-0.1, -0.05) is 48.2 Å². The van der Waals surface area contributed by atoms with Gasteiger partial charge in [0.1, 0.15) is 5.44 Å². The second-order valence-electron chi connectivity index (χ2n) is 6.47. The summed E-state index contributed by atoms with van der Waals surface area (Å²) in [7, 11) is 0. The van der Waals surface area contributed by atoms with Crippen molar-refractivity contribution in [3.63, 3.8) is 0 Å². The number of aliphatic carboxylic acids is 1. The molecule has 5 nitrogen and oxygen atoms in total. The number of amides is 1. The molecule has 1 unspecified atom stereocenters. The van der Waals surface area contributed by atoms with Crippen LogP contribution in [0.1, 0.15) is 38.5 Å². The van der Waals surface area contributed by atoms with Crippen molar-refractivity contribution in [3.8, 4) is 0 Å². The fourth-order valence-electron chi connectivity index (χ4n) is 2.96. The lowest BCUT2D eigenvalue weighted by Gasteiger charge is -2.33. The van der Waals surface area contributed by atoms with Crippen LogP contribution in [-0.2, 0) is 9.59 Å². The van der Waals surface area contributed by atoms with Crippen LogP contribution >= 0.6 is 11.8 Å². The van der Waals surface area contributed by atoms with Crippen molar-refractivity contribution in [2.75, 3.05) is 6.54 Å². The van der Waals surface area contributed by atoms with Crippen molar-refractivity contribution in [2.45, 2.75) is 54.9 Å². The minimum Gasteiger partial charge on any atom is -0.481 e. The second kappa shape index (κ2) is 11.6. The molecule has 1 saturated heterocycles. The summed E-state index contributed by atoms with van der Waals surface area (Å²) in [4.78, 5) is 25.6. The minimum atomic E-state index is -0.785. The van der Waals surface area contributed by atoms with Gasteiger partial charge in [-0.2, -0.15) is 0 Å². The Morgan fingerprint density at radius 2 is 2.07 bits per heavy atom. The van der Waals surface area contributed by atoms with Gasteiger partial charge >= 0.3 is 5.97 Å². The summed E-state index contributed by atoms with van der Waals surface area (Å²) in [6.45, 7) is 0.517. The molecule has 1 heterocycles. The first-order valence-electron chi connectivity index (χ1n) is 9.30. The average Bonchev–Trinajstić information content (AvgIpc) is 2.65. The Labute approximate surface area is 164 Å². The highest BCUT2D eigenvalue weighted by atomic mass is 32.2. The number of unbranched alkanes of at least 4 members (excludes halogenated alkanes) is 1. The molecule has 27 heavy (non-hydrogen) atoms. The van der Waals surface area contributed by atoms with Crippen LogP contribution in [0.15, 0.2) is 59.5 Å². The molecule has 2 rings (SSSR count). The Morgan fingerprint density at radius 1 is 1.30 bits per heavy atom. The van der Waals surface area contributed by atoms with Gasteiger partial charge in [0.25, 0.3) is 0 Å². The zero-order valence-corrected chi connectivity index (χ0v) is 16.2. The molecule has 1 aliphatic heterocycles. The number of allylic oxidation sites excluding steroid dienone is 1. The van der Waals surface area contributed by atoms with Crippen LogP contribution in [0.2, 0.25) is 0 Å². The number of piperidine rings is 1. The van der Waals surface area contributed by atoms with E-state index in [2.05, 4.69) is 0 Å². The second-order valence-corrected chi connectivity index (χ2v) is 7.66. The highest BCUT2D eigenvalue weighted by Crippen LogP contribution is 2.24. The van der Waals surface area contributed by atoms with Crippen LogP contribution in [0.3, 0.4) is 0 Å². The fourth-order valence-corrected chi connectivity index (χ4v) is 3.72. The molecule has 2 N–H and O–H groups in total. The van der Waals surface area contributed by atoms with Crippen molar-refractivity contribution >= 4 is 23.6 Å². The Morgan fingerprint density at radius 3 is 2.81 bits per heavy atom. The van der Waals surface area contributed by atoms with Gasteiger partial charge in [-0.3, -0.25) is 9.59 Å². The van der Waals surface area contributed by atoms with Gasteiger partial charge in [0, 0.05) is 24.3 Å². The monoisotopic (exact) mass is 389 g/mol. The Kier molecular flexibility index (Phi) is 9.15. The standard InChI is InChI=1S/C21H27NO4S/c23-19-12-8-9-17(22(19)16-7-2-1-6-13-20(24)25)14-15-21(26)27-18-10-4-3-5-11-18/h2-5,7,10-11,14-15,17,21,26H,1,6,8-9,12-13,16H2,(H,24,25)/b7-2-,15-14+/t17-,21?/m1/s1. The molecule has 0 radical (unpaired) electrons. The SMILES string of the molecule is O=C(O)CCC/C=C\CN1C(=O)CCC[C@@H]1/C=C/C(O)Sc1ccccc1. The normalized spacial score (nSPS) is 19.1. The fraction of sp³-hybridized carbons (Fsp3) is 0.429. The van der Waals surface area contributed by atoms with Gasteiger partial charge in [-0.15, -0.1) is 0 Å². The van der Waals surface area contributed by atoms with E-state index >= 15 is 0 Å². The number of carbonyl (C=O) groups excluding carboxylic acids is 1. The number of benzene rings is 1. The molecule has 6 heteroatoms. The first-order valence-corrected chi connectivity index (χ1v) is 10.2. The van der Waals surface area contributed by atoms with Crippen LogP contribution in [0.25, 0.3) is 0 Å². The number of hydrogen-bond acceptors (Lipinski definition) is 4. The van der Waals surface area contributed by atoms with Crippen LogP contribution in [0, 0.1) is 0 Å². The number of aliphatic hydroxyl groups excluding tert-OH is 1. The van der Waals surface area contributed by atoms with Crippen LogP contribution in [0.4, 0.5) is 0 Å². The van der Waals surface area contributed by atoms with Gasteiger partial charge in [-0.25, -0.2) is 0 Å². The van der Waals surface area contributed by atoms with E-state index in [1.54, 1.807) is 6.08 Å². The average molecular weight is 390 g/mol. The summed E-state index contributed by atoms with van der Waals surface area (Å²) in [5.74, 6) is -0.664. The third kappa shape index (κ3) is 8.01. The van der Waals surface area contributed by atoms with Gasteiger partial charge < -0.3 is 15.1 Å². The van der Waals surface area contributed by atoms with Gasteiger partial charge in [-0.05, 0) is 43.9 Å². The Balaban J connectivity index is 1.85. The lowest BCUT2D eigenvalue weighted by Crippen LogP contribution is -2.42. The van der Waals surface area contributed by atoms with Crippen molar-refractivity contribution in [1.82, 2.24) is 4.90 Å². The zero-order valence-electron chi connectivity index (χ0n) is 15.4. The minimum absolute atomic E-state index is 0.0130. The summed E-state index contributed by atoms with van der Waals surface area (Å²) in [5, 5.41) is 18.8. The van der Waals surface area contributed by atoms with E-state index < -0.39 is 11.4 Å². The molecule has 0 aliphatic carbocycles. The molecule has 1 aliphatic rings. The number of hydrogen-bond donors (Lipinski definition) is 2. The molecule has 146 valence electrons. The van der Waals surface area contributed by atoms with E-state index in [-0.39, 0.29) is 18.4 Å². The highest BCUT2D eigenvalue weighted by Gasteiger charge is 2.25. The van der Waals surface area contributed by atoms with Crippen LogP contribution in [-0.4, -0.2) is 45.0 Å². The maximum Gasteiger partial charge on any atom is 0.303 e. The van der Waals surface area contributed by atoms with Crippen molar-refractivity contribution < 1.29 is 19.8 Å². The number of carboxylic acids is 1. The van der Waals surface area contributed by atoms with Gasteiger partial charge in [0.05, 0.1) is 6.04 Å². The summed E-state index contributed by atoms with van der Waals surface area (Å²) in [5.41, 5.74) is -0.655. The maximum absolute atomic E-state index is 12.3. The number of carboxylic acid groups (broad SMARTS) is 1. The zero-order chi connectivity index (χ0) is 19.5. The predicted octanol–water partition coefficient (Wildman–Crippen LogP) is 3.85. The van der Waals surface area contributed by atoms with Crippen LogP contribution < -0.4 is 0 Å². The molecular weight excluding hydrogens is 362 g/mol. The molecule has 0 aromatic heterocycles. The summed E-state index contributed by atoms with van der Waals surface area (Å²) in [6, 6.07) is 9.70. The lowest BCUT2D eigenvalue weighted by molar-refractivity contribution is -0.137. The first kappa shape index (κ1) is 21.3. The van der Waals surface area contributed by atoms with E-state index in [0.717, 1.165) is 17.7 Å². The van der Waals surface area contributed by atoms with E-state index in [1.807, 2.05) is 53.5 Å². The van der Waals surface area contributed by atoms with E-state index in [1.165, 1.54) is 11.8 Å². The predicted molar refractivity (Wildman–Crippen MR) is 107 cm³/mol. The molecule has 1 fully saturated rings. The summed E-state index contributed by atoms with van der Waals surface area (Å²) < 4.78 is 0. The molecule has 1 aromatic rings. The number of rotatable bonds is 10. The molecule has 1 amide bonds. The lowest BCUT2D eigenvalue weighted by atomic mass is 10.0. The number of likely N-dealkylation sites (tertiary alicyclic amines) is 1. The third-order valence-electron chi connectivity index (χ3n) is 4.34. The largest absolute Gasteiger partial charge is 0.481 e. The van der Waals surface area contributed by atoms with Crippen molar-refractivity contribution in [1.29, 1.82) is 0 Å².